The van der Waals surface area contributed by atoms with Crippen molar-refractivity contribution in [2.45, 2.75) is 25.1 Å². The van der Waals surface area contributed by atoms with Crippen LogP contribution in [0.2, 0.25) is 0 Å². The number of hydrogen-bond acceptors (Lipinski definition) is 4. The first-order valence-electron chi connectivity index (χ1n) is 7.64. The third kappa shape index (κ3) is 4.55. The van der Waals surface area contributed by atoms with Crippen molar-refractivity contribution in [2.75, 3.05) is 27.3 Å². The SMILES string of the molecule is COc1ccc(OC)c(C(=O)N2CCC[C@@H]2C(=O)NCC(F)(F)F)c1. The van der Waals surface area contributed by atoms with Crippen molar-refractivity contribution in [3.05, 3.63) is 23.8 Å². The lowest BCUT2D eigenvalue weighted by atomic mass is 10.1. The van der Waals surface area contributed by atoms with E-state index in [4.69, 9.17) is 9.47 Å². The second kappa shape index (κ2) is 7.62. The first-order chi connectivity index (χ1) is 11.8. The van der Waals surface area contributed by atoms with E-state index in [2.05, 4.69) is 0 Å². The molecule has 9 heteroatoms. The molecule has 1 aromatic rings. The zero-order chi connectivity index (χ0) is 18.6. The van der Waals surface area contributed by atoms with Gasteiger partial charge in [0.05, 0.1) is 19.8 Å². The fourth-order valence-electron chi connectivity index (χ4n) is 2.72. The van der Waals surface area contributed by atoms with E-state index in [1.165, 1.54) is 25.2 Å². The molecule has 0 bridgehead atoms. The minimum atomic E-state index is -4.50. The summed E-state index contributed by atoms with van der Waals surface area (Å²) < 4.78 is 47.1. The largest absolute Gasteiger partial charge is 0.497 e. The molecule has 6 nitrogen and oxygen atoms in total. The number of nitrogens with zero attached hydrogens (tertiary/aromatic N) is 1. The van der Waals surface area contributed by atoms with E-state index in [0.29, 0.717) is 24.3 Å². The standard InChI is InChI=1S/C16H19F3N2O4/c1-24-10-5-6-13(25-2)11(8-10)15(23)21-7-3-4-12(21)14(22)20-9-16(17,18)19/h5-6,8,12H,3-4,7,9H2,1-2H3,(H,20,22)/t12-/m1/s1. The number of methoxy groups -OCH3 is 2. The smallest absolute Gasteiger partial charge is 0.405 e. The molecule has 1 N–H and O–H groups in total. The number of amides is 2. The highest BCUT2D eigenvalue weighted by molar-refractivity contribution is 6.00. The predicted molar refractivity (Wildman–Crippen MR) is 82.7 cm³/mol. The van der Waals surface area contributed by atoms with Crippen molar-refractivity contribution in [3.63, 3.8) is 0 Å². The number of nitrogens with one attached hydrogen (secondary N) is 1. The van der Waals surface area contributed by atoms with Gasteiger partial charge in [-0.15, -0.1) is 0 Å². The lowest BCUT2D eigenvalue weighted by Gasteiger charge is -2.25. The van der Waals surface area contributed by atoms with E-state index in [1.807, 2.05) is 5.32 Å². The molecule has 25 heavy (non-hydrogen) atoms. The van der Waals surface area contributed by atoms with E-state index in [0.717, 1.165) is 0 Å². The Bertz CT molecular complexity index is 649. The van der Waals surface area contributed by atoms with Crippen molar-refractivity contribution < 1.29 is 32.2 Å². The zero-order valence-corrected chi connectivity index (χ0v) is 13.9. The van der Waals surface area contributed by atoms with Crippen molar-refractivity contribution in [1.29, 1.82) is 0 Å². The average molecular weight is 360 g/mol. The first-order valence-corrected chi connectivity index (χ1v) is 7.64. The van der Waals surface area contributed by atoms with Crippen LogP contribution in [0, 0.1) is 0 Å². The molecule has 0 saturated carbocycles. The van der Waals surface area contributed by atoms with Crippen LogP contribution in [-0.2, 0) is 4.79 Å². The van der Waals surface area contributed by atoms with E-state index < -0.39 is 30.6 Å². The average Bonchev–Trinajstić information content (AvgIpc) is 3.07. The summed E-state index contributed by atoms with van der Waals surface area (Å²) in [5.74, 6) is -0.570. The number of ether oxygens (including phenoxy) is 2. The molecule has 0 radical (unpaired) electrons. The summed E-state index contributed by atoms with van der Waals surface area (Å²) in [5.41, 5.74) is 0.192. The van der Waals surface area contributed by atoms with Gasteiger partial charge < -0.3 is 19.7 Å². The van der Waals surface area contributed by atoms with E-state index >= 15 is 0 Å². The van der Waals surface area contributed by atoms with Crippen LogP contribution in [-0.4, -0.2) is 56.2 Å². The molecule has 1 aromatic carbocycles. The summed E-state index contributed by atoms with van der Waals surface area (Å²) in [6, 6.07) is 3.71. The lowest BCUT2D eigenvalue weighted by molar-refractivity contribution is -0.140. The van der Waals surface area contributed by atoms with Gasteiger partial charge in [-0.2, -0.15) is 13.2 Å². The maximum Gasteiger partial charge on any atom is 0.405 e. The van der Waals surface area contributed by atoms with Crippen molar-refractivity contribution in [3.8, 4) is 11.5 Å². The van der Waals surface area contributed by atoms with Gasteiger partial charge in [0, 0.05) is 6.54 Å². The Morgan fingerprint density at radius 1 is 1.28 bits per heavy atom. The van der Waals surface area contributed by atoms with Gasteiger partial charge in [0.25, 0.3) is 5.91 Å². The maximum atomic E-state index is 12.8. The minimum Gasteiger partial charge on any atom is -0.497 e. The van der Waals surface area contributed by atoms with E-state index in [-0.39, 0.29) is 12.1 Å². The maximum absolute atomic E-state index is 12.8. The molecule has 0 spiro atoms. The second-order valence-electron chi connectivity index (χ2n) is 5.56. The molecule has 1 fully saturated rings. The van der Waals surface area contributed by atoms with Crippen molar-refractivity contribution in [1.82, 2.24) is 10.2 Å². The number of alkyl halides is 3. The Hall–Kier alpha value is -2.45. The van der Waals surface area contributed by atoms with Crippen molar-refractivity contribution in [2.24, 2.45) is 0 Å². The topological polar surface area (TPSA) is 67.9 Å². The van der Waals surface area contributed by atoms with Crippen LogP contribution in [0.15, 0.2) is 18.2 Å². The van der Waals surface area contributed by atoms with Crippen LogP contribution < -0.4 is 14.8 Å². The lowest BCUT2D eigenvalue weighted by Crippen LogP contribution is -2.48. The number of carbonyl (C=O) groups is 2. The molecule has 1 atom stereocenters. The fourth-order valence-corrected chi connectivity index (χ4v) is 2.72. The van der Waals surface area contributed by atoms with Gasteiger partial charge in [0.15, 0.2) is 0 Å². The van der Waals surface area contributed by atoms with Gasteiger partial charge in [0.1, 0.15) is 24.1 Å². The molecule has 1 aliphatic heterocycles. The van der Waals surface area contributed by atoms with Crippen molar-refractivity contribution >= 4 is 11.8 Å². The molecule has 2 rings (SSSR count). The normalized spacial score (nSPS) is 17.3. The number of rotatable bonds is 5. The van der Waals surface area contributed by atoms with Crippen LogP contribution in [0.1, 0.15) is 23.2 Å². The summed E-state index contributed by atoms with van der Waals surface area (Å²) in [6.07, 6.45) is -3.66. The van der Waals surface area contributed by atoms with E-state index in [9.17, 15) is 22.8 Å². The van der Waals surface area contributed by atoms with Gasteiger partial charge in [0.2, 0.25) is 5.91 Å². The molecule has 1 heterocycles. The third-order valence-corrected chi connectivity index (χ3v) is 3.92. The summed E-state index contributed by atoms with van der Waals surface area (Å²) in [5, 5.41) is 1.84. The Balaban J connectivity index is 2.19. The van der Waals surface area contributed by atoms with Crippen LogP contribution in [0.25, 0.3) is 0 Å². The van der Waals surface area contributed by atoms with Crippen LogP contribution in [0.5, 0.6) is 11.5 Å². The molecule has 2 amide bonds. The summed E-state index contributed by atoms with van der Waals surface area (Å²) in [4.78, 5) is 26.1. The Morgan fingerprint density at radius 2 is 2.00 bits per heavy atom. The van der Waals surface area contributed by atoms with Crippen LogP contribution >= 0.6 is 0 Å². The fraction of sp³-hybridized carbons (Fsp3) is 0.500. The monoisotopic (exact) mass is 360 g/mol. The predicted octanol–water partition coefficient (Wildman–Crippen LogP) is 1.99. The van der Waals surface area contributed by atoms with Crippen LogP contribution in [0.4, 0.5) is 13.2 Å². The molecule has 1 aliphatic rings. The summed E-state index contributed by atoms with van der Waals surface area (Å²) in [6.45, 7) is -1.14. The Kier molecular flexibility index (Phi) is 5.76. The Labute approximate surface area is 142 Å². The summed E-state index contributed by atoms with van der Waals surface area (Å²) in [7, 11) is 2.84. The molecular weight excluding hydrogens is 341 g/mol. The molecule has 1 saturated heterocycles. The molecule has 0 unspecified atom stereocenters. The number of likely N-dealkylation sites (tertiary alicyclic amines) is 1. The highest BCUT2D eigenvalue weighted by Crippen LogP contribution is 2.28. The number of benzene rings is 1. The van der Waals surface area contributed by atoms with Gasteiger partial charge in [-0.1, -0.05) is 0 Å². The van der Waals surface area contributed by atoms with Gasteiger partial charge in [-0.05, 0) is 31.0 Å². The van der Waals surface area contributed by atoms with Gasteiger partial charge in [-0.3, -0.25) is 9.59 Å². The first kappa shape index (κ1) is 18.9. The summed E-state index contributed by atoms with van der Waals surface area (Å²) >= 11 is 0. The number of carbonyl (C=O) groups excluding carboxylic acids is 2. The zero-order valence-electron chi connectivity index (χ0n) is 13.9. The third-order valence-electron chi connectivity index (χ3n) is 3.92. The quantitative estimate of drug-likeness (QED) is 0.872. The molecule has 0 aliphatic carbocycles. The van der Waals surface area contributed by atoms with Gasteiger partial charge in [-0.25, -0.2) is 0 Å². The Morgan fingerprint density at radius 3 is 2.60 bits per heavy atom. The molecule has 138 valence electrons. The van der Waals surface area contributed by atoms with Crippen LogP contribution in [0.3, 0.4) is 0 Å². The molecular formula is C16H19F3N2O4. The molecule has 0 aromatic heterocycles. The second-order valence-corrected chi connectivity index (χ2v) is 5.56. The highest BCUT2D eigenvalue weighted by Gasteiger charge is 2.37. The van der Waals surface area contributed by atoms with Gasteiger partial charge >= 0.3 is 6.18 Å². The minimum absolute atomic E-state index is 0.192. The number of hydrogen-bond donors (Lipinski definition) is 1. The number of halogens is 3. The highest BCUT2D eigenvalue weighted by atomic mass is 19.4. The van der Waals surface area contributed by atoms with E-state index in [1.54, 1.807) is 12.1 Å².